The largest absolute Gasteiger partial charge is 0.449 e. The van der Waals surface area contributed by atoms with Gasteiger partial charge in [-0.25, -0.2) is 29.6 Å². The number of benzene rings is 4. The number of carbonyl (C=O) groups excluding carboxylic acids is 2. The van der Waals surface area contributed by atoms with Crippen molar-refractivity contribution in [2.75, 3.05) is 0 Å². The van der Waals surface area contributed by atoms with Crippen molar-refractivity contribution in [2.24, 2.45) is 20.0 Å². The number of nitrogens with one attached hydrogen (secondary N) is 1. The predicted molar refractivity (Wildman–Crippen MR) is 159 cm³/mol. The molecule has 9 nitrogen and oxygen atoms in total. The summed E-state index contributed by atoms with van der Waals surface area (Å²) in [6, 6.07) is 37.1. The van der Waals surface area contributed by atoms with Gasteiger partial charge in [0.25, 0.3) is 5.66 Å². The van der Waals surface area contributed by atoms with Gasteiger partial charge in [0.2, 0.25) is 0 Å². The monoisotopic (exact) mass is 554 g/mol. The molecule has 4 aromatic rings. The number of hydrogen-bond acceptors (Lipinski definition) is 8. The molecular weight excluding hydrogens is 530 g/mol. The zero-order chi connectivity index (χ0) is 28.8. The Morgan fingerprint density at radius 3 is 1.60 bits per heavy atom. The Hall–Kier alpha value is -5.70. The van der Waals surface area contributed by atoms with Gasteiger partial charge in [-0.1, -0.05) is 121 Å². The van der Waals surface area contributed by atoms with Gasteiger partial charge >= 0.3 is 12.1 Å². The normalized spacial score (nSPS) is 16.9. The highest BCUT2D eigenvalue weighted by atomic mass is 16.6. The smallest absolute Gasteiger partial charge is 0.410 e. The van der Waals surface area contributed by atoms with E-state index < -0.39 is 29.9 Å². The summed E-state index contributed by atoms with van der Waals surface area (Å²) in [7, 11) is 0. The Morgan fingerprint density at radius 1 is 0.667 bits per heavy atom. The fraction of sp³-hybridized carbons (Fsp3) is 0.0909. The molecule has 2 aliphatic heterocycles. The van der Waals surface area contributed by atoms with Crippen molar-refractivity contribution in [2.45, 2.75) is 17.9 Å². The van der Waals surface area contributed by atoms with Crippen LogP contribution in [-0.4, -0.2) is 41.9 Å². The lowest BCUT2D eigenvalue weighted by Gasteiger charge is -2.31. The van der Waals surface area contributed by atoms with Gasteiger partial charge in [0.1, 0.15) is 12.1 Å². The minimum atomic E-state index is -2.15. The number of fused-ring (bicyclic) bond motifs is 1. The number of alkyl carbamates (subject to hydrolysis) is 1. The van der Waals surface area contributed by atoms with Crippen LogP contribution >= 0.6 is 0 Å². The molecule has 4 aromatic carbocycles. The highest BCUT2D eigenvalue weighted by Gasteiger charge is 2.52. The molecule has 0 aliphatic carbocycles. The second kappa shape index (κ2) is 11.8. The van der Waals surface area contributed by atoms with E-state index in [9.17, 15) is 9.59 Å². The van der Waals surface area contributed by atoms with E-state index >= 15 is 0 Å². The Balaban J connectivity index is 1.34. The van der Waals surface area contributed by atoms with Crippen LogP contribution in [0.2, 0.25) is 0 Å². The van der Waals surface area contributed by atoms with E-state index in [2.05, 4.69) is 31.6 Å². The summed E-state index contributed by atoms with van der Waals surface area (Å²) < 4.78 is 12.1. The highest BCUT2D eigenvalue weighted by molar-refractivity contribution is 6.54. The predicted octanol–water partition coefficient (Wildman–Crippen LogP) is 5.33. The summed E-state index contributed by atoms with van der Waals surface area (Å²) in [6.45, 7) is 0. The highest BCUT2D eigenvalue weighted by Crippen LogP contribution is 2.31. The fourth-order valence-corrected chi connectivity index (χ4v) is 4.72. The van der Waals surface area contributed by atoms with Crippen LogP contribution in [0, 0.1) is 0 Å². The molecule has 1 unspecified atom stereocenters. The van der Waals surface area contributed by atoms with Crippen molar-refractivity contribution < 1.29 is 19.1 Å². The third-order valence-electron chi connectivity index (χ3n) is 6.73. The molecule has 1 N–H and O–H groups in total. The van der Waals surface area contributed by atoms with Crippen LogP contribution in [0.15, 0.2) is 141 Å². The maximum atomic E-state index is 14.2. The van der Waals surface area contributed by atoms with Crippen LogP contribution in [-0.2, 0) is 14.3 Å². The number of ether oxygens (including phenoxy) is 2. The molecule has 6 rings (SSSR count). The molecule has 9 heteroatoms. The van der Waals surface area contributed by atoms with E-state index in [1.807, 2.05) is 121 Å². The molecule has 0 fully saturated rings. The van der Waals surface area contributed by atoms with Crippen molar-refractivity contribution in [3.63, 3.8) is 0 Å². The number of carbonyl (C=O) groups is 2. The van der Waals surface area contributed by atoms with Crippen LogP contribution < -0.4 is 5.32 Å². The molecule has 1 radical (unpaired) electrons. The van der Waals surface area contributed by atoms with Gasteiger partial charge in [-0.3, -0.25) is 5.32 Å². The maximum Gasteiger partial charge on any atom is 0.410 e. The van der Waals surface area contributed by atoms with E-state index in [-0.39, 0.29) is 11.5 Å². The third-order valence-corrected chi connectivity index (χ3v) is 6.73. The second-order valence-electron chi connectivity index (χ2n) is 9.42. The summed E-state index contributed by atoms with van der Waals surface area (Å²) in [5.41, 5.74) is 0.789. The number of nitrogens with zero attached hydrogens (tertiary/aromatic N) is 4. The van der Waals surface area contributed by atoms with E-state index in [1.165, 1.54) is 6.34 Å². The van der Waals surface area contributed by atoms with Crippen LogP contribution in [0.25, 0.3) is 0 Å². The summed E-state index contributed by atoms with van der Waals surface area (Å²) in [6.07, 6.45) is 1.17. The van der Waals surface area contributed by atoms with Gasteiger partial charge in [-0.15, -0.1) is 0 Å². The Bertz CT molecular complexity index is 1610. The minimum Gasteiger partial charge on any atom is -0.449 e. The maximum absolute atomic E-state index is 14.2. The lowest BCUT2D eigenvalue weighted by Crippen LogP contribution is -2.62. The number of aliphatic imine (C=N–C) groups is 4. The molecule has 0 spiro atoms. The SMILES string of the molecule is O=C(NC1(C(=O)OC(c2ccccc2)c2ccccc2)N=[C]N=C2N=CN=C21)OC(c1ccccc1)c1ccccc1. The van der Waals surface area contributed by atoms with Gasteiger partial charge in [0.05, 0.1) is 0 Å². The first-order valence-electron chi connectivity index (χ1n) is 13.2. The van der Waals surface area contributed by atoms with Crippen molar-refractivity contribution in [1.82, 2.24) is 5.32 Å². The van der Waals surface area contributed by atoms with Gasteiger partial charge in [0.15, 0.2) is 24.4 Å². The first-order chi connectivity index (χ1) is 20.6. The second-order valence-corrected chi connectivity index (χ2v) is 9.42. The average molecular weight is 555 g/mol. The number of amides is 1. The van der Waals surface area contributed by atoms with Gasteiger partial charge in [-0.2, -0.15) is 0 Å². The zero-order valence-electron chi connectivity index (χ0n) is 22.2. The minimum absolute atomic E-state index is 0.000884. The number of hydrogen-bond donors (Lipinski definition) is 1. The van der Waals surface area contributed by atoms with Crippen LogP contribution in [0.1, 0.15) is 34.5 Å². The Morgan fingerprint density at radius 2 is 1.12 bits per heavy atom. The quantitative estimate of drug-likeness (QED) is 0.297. The molecular formula is C33H24N5O4. The standard InChI is InChI=1S/C33H24N5O4/c39-31(41-27(23-13-5-1-6-14-23)24-15-7-2-8-16-24)33(29-30(35-21-34-29)36-22-37-33)38-32(40)42-28(25-17-9-3-10-18-25)26-19-11-4-12-20-26/h1-21,27-28H,(H,38,40). The third kappa shape index (κ3) is 5.35. The molecule has 2 aliphatic rings. The van der Waals surface area contributed by atoms with Crippen molar-refractivity contribution in [3.8, 4) is 0 Å². The molecule has 205 valence electrons. The summed E-state index contributed by atoms with van der Waals surface area (Å²) in [5.74, 6) is -0.821. The van der Waals surface area contributed by atoms with Crippen LogP contribution in [0.3, 0.4) is 0 Å². The van der Waals surface area contributed by atoms with Crippen molar-refractivity contribution in [1.29, 1.82) is 0 Å². The lowest BCUT2D eigenvalue weighted by atomic mass is 9.99. The van der Waals surface area contributed by atoms with Crippen LogP contribution in [0.5, 0.6) is 0 Å². The first kappa shape index (κ1) is 26.5. The lowest BCUT2D eigenvalue weighted by molar-refractivity contribution is -0.152. The topological polar surface area (TPSA) is 114 Å². The van der Waals surface area contributed by atoms with Crippen molar-refractivity contribution in [3.05, 3.63) is 144 Å². The van der Waals surface area contributed by atoms with Gasteiger partial charge in [-0.05, 0) is 22.3 Å². The average Bonchev–Trinajstić information content (AvgIpc) is 3.54. The van der Waals surface area contributed by atoms with E-state index in [1.54, 1.807) is 0 Å². The summed E-state index contributed by atoms with van der Waals surface area (Å²) in [4.78, 5) is 44.3. The van der Waals surface area contributed by atoms with E-state index in [0.717, 1.165) is 22.3 Å². The molecule has 0 saturated heterocycles. The molecule has 1 amide bonds. The molecule has 0 saturated carbocycles. The van der Waals surface area contributed by atoms with E-state index in [4.69, 9.17) is 9.47 Å². The molecule has 0 aromatic heterocycles. The van der Waals surface area contributed by atoms with Crippen LogP contribution in [0.4, 0.5) is 4.79 Å². The molecule has 2 heterocycles. The number of amidine groups is 1. The number of esters is 1. The molecule has 0 bridgehead atoms. The Labute approximate surface area is 242 Å². The molecule has 1 atom stereocenters. The fourth-order valence-electron chi connectivity index (χ4n) is 4.72. The number of rotatable bonds is 8. The summed E-state index contributed by atoms with van der Waals surface area (Å²) >= 11 is 0. The zero-order valence-corrected chi connectivity index (χ0v) is 22.2. The van der Waals surface area contributed by atoms with Gasteiger partial charge in [0, 0.05) is 0 Å². The molecule has 42 heavy (non-hydrogen) atoms. The van der Waals surface area contributed by atoms with E-state index in [0.29, 0.717) is 0 Å². The summed E-state index contributed by atoms with van der Waals surface area (Å²) in [5, 5.41) is 2.63. The first-order valence-corrected chi connectivity index (χ1v) is 13.2. The van der Waals surface area contributed by atoms with Crippen molar-refractivity contribution >= 4 is 36.3 Å². The van der Waals surface area contributed by atoms with Gasteiger partial charge < -0.3 is 9.47 Å². The Kier molecular flexibility index (Phi) is 7.46.